The lowest BCUT2D eigenvalue weighted by molar-refractivity contribution is -0.133. The molecule has 1 N–H and O–H groups in total. The third-order valence-corrected chi connectivity index (χ3v) is 6.25. The van der Waals surface area contributed by atoms with Crippen molar-refractivity contribution in [3.63, 3.8) is 0 Å². The second-order valence-corrected chi connectivity index (χ2v) is 7.72. The predicted octanol–water partition coefficient (Wildman–Crippen LogP) is 1.16. The molecule has 2 saturated heterocycles. The van der Waals surface area contributed by atoms with Crippen LogP contribution in [0.3, 0.4) is 0 Å². The van der Waals surface area contributed by atoms with Gasteiger partial charge < -0.3 is 15.0 Å². The van der Waals surface area contributed by atoms with Crippen LogP contribution in [0.5, 0.6) is 0 Å². The van der Waals surface area contributed by atoms with Crippen LogP contribution in [0, 0.1) is 23.2 Å². The summed E-state index contributed by atoms with van der Waals surface area (Å²) in [6.07, 6.45) is 6.91. The molecule has 3 atom stereocenters. The van der Waals surface area contributed by atoms with Gasteiger partial charge in [0, 0.05) is 37.4 Å². The second kappa shape index (κ2) is 4.90. The van der Waals surface area contributed by atoms with Crippen molar-refractivity contribution in [2.75, 3.05) is 31.6 Å². The Labute approximate surface area is 135 Å². The molecule has 1 amide bonds. The van der Waals surface area contributed by atoms with Gasteiger partial charge in [-0.05, 0) is 42.6 Å². The number of nitrogens with one attached hydrogen (secondary N) is 1. The fourth-order valence-corrected chi connectivity index (χ4v) is 4.92. The Hall–Kier alpha value is -1.69. The van der Waals surface area contributed by atoms with E-state index in [-0.39, 0.29) is 5.92 Å². The van der Waals surface area contributed by atoms with E-state index in [1.165, 1.54) is 0 Å². The van der Waals surface area contributed by atoms with E-state index >= 15 is 0 Å². The van der Waals surface area contributed by atoms with Gasteiger partial charge in [0.25, 0.3) is 0 Å². The highest BCUT2D eigenvalue weighted by Crippen LogP contribution is 2.54. The first-order valence-electron chi connectivity index (χ1n) is 8.64. The van der Waals surface area contributed by atoms with Crippen molar-refractivity contribution >= 4 is 11.9 Å². The zero-order valence-electron chi connectivity index (χ0n) is 13.1. The molecule has 3 heterocycles. The van der Waals surface area contributed by atoms with Crippen molar-refractivity contribution in [1.82, 2.24) is 14.9 Å². The zero-order chi connectivity index (χ0) is 15.4. The summed E-state index contributed by atoms with van der Waals surface area (Å²) in [6, 6.07) is 2.27. The molecule has 1 spiro atoms. The largest absolute Gasteiger partial charge is 0.381 e. The predicted molar refractivity (Wildman–Crippen MR) is 83.6 cm³/mol. The molecule has 0 aromatic carbocycles. The van der Waals surface area contributed by atoms with E-state index in [1.54, 1.807) is 12.4 Å². The zero-order valence-corrected chi connectivity index (χ0v) is 13.1. The third kappa shape index (κ3) is 2.23. The molecular weight excluding hydrogens is 292 g/mol. The van der Waals surface area contributed by atoms with E-state index < -0.39 is 0 Å². The van der Waals surface area contributed by atoms with Crippen molar-refractivity contribution < 1.29 is 9.53 Å². The van der Waals surface area contributed by atoms with E-state index in [0.29, 0.717) is 35.1 Å². The minimum Gasteiger partial charge on any atom is -0.381 e. The van der Waals surface area contributed by atoms with Crippen LogP contribution in [-0.4, -0.2) is 53.1 Å². The molecule has 4 fully saturated rings. The molecule has 4 aliphatic rings. The number of hydrogen-bond acceptors (Lipinski definition) is 5. The van der Waals surface area contributed by atoms with Crippen LogP contribution < -0.4 is 5.32 Å². The van der Waals surface area contributed by atoms with Crippen molar-refractivity contribution in [2.45, 2.75) is 25.3 Å². The fourth-order valence-electron chi connectivity index (χ4n) is 4.92. The van der Waals surface area contributed by atoms with Crippen molar-refractivity contribution in [2.24, 2.45) is 23.2 Å². The number of aromatic nitrogens is 2. The molecule has 2 saturated carbocycles. The smallest absolute Gasteiger partial charge is 0.226 e. The van der Waals surface area contributed by atoms with Crippen LogP contribution >= 0.6 is 0 Å². The van der Waals surface area contributed by atoms with Crippen LogP contribution in [0.15, 0.2) is 18.5 Å². The Morgan fingerprint density at radius 2 is 2.00 bits per heavy atom. The first-order valence-corrected chi connectivity index (χ1v) is 8.64. The molecule has 6 nitrogen and oxygen atoms in total. The SMILES string of the molecule is O=C(C1[C@H]2COC[C@@H]12)N1CCC2(CC(Nc3ncccn3)C2)C1. The number of ether oxygens (including phenoxy) is 1. The average molecular weight is 314 g/mol. The summed E-state index contributed by atoms with van der Waals surface area (Å²) in [7, 11) is 0. The molecule has 1 aromatic rings. The van der Waals surface area contributed by atoms with E-state index in [4.69, 9.17) is 4.74 Å². The number of hydrogen-bond donors (Lipinski definition) is 1. The van der Waals surface area contributed by atoms with Gasteiger partial charge in [0.2, 0.25) is 11.9 Å². The van der Waals surface area contributed by atoms with Gasteiger partial charge in [0.05, 0.1) is 13.2 Å². The van der Waals surface area contributed by atoms with Gasteiger partial charge >= 0.3 is 0 Å². The highest BCUT2D eigenvalue weighted by atomic mass is 16.5. The van der Waals surface area contributed by atoms with Crippen LogP contribution in [0.4, 0.5) is 5.95 Å². The fraction of sp³-hybridized carbons (Fsp3) is 0.706. The molecular formula is C17H22N4O2. The Kier molecular flexibility index (Phi) is 2.92. The van der Waals surface area contributed by atoms with Gasteiger partial charge in [-0.25, -0.2) is 9.97 Å². The van der Waals surface area contributed by atoms with E-state index in [2.05, 4.69) is 20.2 Å². The number of carbonyl (C=O) groups is 1. The van der Waals surface area contributed by atoms with Gasteiger partial charge in [0.15, 0.2) is 0 Å². The van der Waals surface area contributed by atoms with Crippen LogP contribution in [0.2, 0.25) is 0 Å². The number of likely N-dealkylation sites (tertiary alicyclic amines) is 1. The number of anilines is 1. The highest BCUT2D eigenvalue weighted by molar-refractivity contribution is 5.83. The Bertz CT molecular complexity index is 606. The number of carbonyl (C=O) groups excluding carboxylic acids is 1. The molecule has 0 bridgehead atoms. The average Bonchev–Trinajstić information content (AvgIpc) is 2.92. The van der Waals surface area contributed by atoms with Gasteiger partial charge in [0.1, 0.15) is 0 Å². The minimum absolute atomic E-state index is 0.269. The maximum atomic E-state index is 12.7. The third-order valence-electron chi connectivity index (χ3n) is 6.25. The molecule has 5 rings (SSSR count). The maximum Gasteiger partial charge on any atom is 0.226 e. The monoisotopic (exact) mass is 314 g/mol. The maximum absolute atomic E-state index is 12.7. The molecule has 0 radical (unpaired) electrons. The molecule has 1 aromatic heterocycles. The summed E-state index contributed by atoms with van der Waals surface area (Å²) in [4.78, 5) is 23.2. The van der Waals surface area contributed by atoms with Crippen LogP contribution in [-0.2, 0) is 9.53 Å². The summed E-state index contributed by atoms with van der Waals surface area (Å²) in [6.45, 7) is 3.47. The molecule has 122 valence electrons. The molecule has 2 aliphatic carbocycles. The molecule has 1 unspecified atom stereocenters. The summed E-state index contributed by atoms with van der Waals surface area (Å²) >= 11 is 0. The minimum atomic E-state index is 0.269. The summed E-state index contributed by atoms with van der Waals surface area (Å²) in [5, 5.41) is 3.40. The first-order chi connectivity index (χ1) is 11.2. The number of nitrogens with zero attached hydrogens (tertiary/aromatic N) is 3. The number of fused-ring (bicyclic) bond motifs is 1. The van der Waals surface area contributed by atoms with Crippen LogP contribution in [0.25, 0.3) is 0 Å². The van der Waals surface area contributed by atoms with Gasteiger partial charge in [-0.2, -0.15) is 0 Å². The normalized spacial score (nSPS) is 40.8. The van der Waals surface area contributed by atoms with Crippen molar-refractivity contribution in [1.29, 1.82) is 0 Å². The molecule has 23 heavy (non-hydrogen) atoms. The standard InChI is InChI=1S/C17H22N4O2/c22-15(14-12-8-23-9-13(12)14)21-5-2-17(10-21)6-11(7-17)20-16-18-3-1-4-19-16/h1,3-4,11-14H,2,5-10H2,(H,18,19,20)/t11?,12-,13+,14?,17?. The Morgan fingerprint density at radius 3 is 2.74 bits per heavy atom. The lowest BCUT2D eigenvalue weighted by Crippen LogP contribution is -2.47. The van der Waals surface area contributed by atoms with Crippen LogP contribution in [0.1, 0.15) is 19.3 Å². The second-order valence-electron chi connectivity index (χ2n) is 7.72. The summed E-state index contributed by atoms with van der Waals surface area (Å²) in [5.41, 5.74) is 0.336. The van der Waals surface area contributed by atoms with E-state index in [1.807, 2.05) is 6.07 Å². The molecule has 6 heteroatoms. The quantitative estimate of drug-likeness (QED) is 0.907. The first kappa shape index (κ1) is 13.7. The topological polar surface area (TPSA) is 67.3 Å². The Balaban J connectivity index is 1.15. The van der Waals surface area contributed by atoms with Gasteiger partial charge in [-0.1, -0.05) is 0 Å². The molecule has 2 aliphatic heterocycles. The summed E-state index contributed by atoms with van der Waals surface area (Å²) in [5.74, 6) is 2.41. The lowest BCUT2D eigenvalue weighted by Gasteiger charge is -2.45. The van der Waals surface area contributed by atoms with E-state index in [9.17, 15) is 4.79 Å². The Morgan fingerprint density at radius 1 is 1.26 bits per heavy atom. The van der Waals surface area contributed by atoms with E-state index in [0.717, 1.165) is 45.6 Å². The van der Waals surface area contributed by atoms with Gasteiger partial charge in [-0.3, -0.25) is 4.79 Å². The number of amides is 1. The lowest BCUT2D eigenvalue weighted by atomic mass is 9.65. The van der Waals surface area contributed by atoms with Gasteiger partial charge in [-0.15, -0.1) is 0 Å². The van der Waals surface area contributed by atoms with Crippen molar-refractivity contribution in [3.05, 3.63) is 18.5 Å². The summed E-state index contributed by atoms with van der Waals surface area (Å²) < 4.78 is 5.40. The van der Waals surface area contributed by atoms with Crippen molar-refractivity contribution in [3.8, 4) is 0 Å². The highest BCUT2D eigenvalue weighted by Gasteiger charge is 2.60. The number of rotatable bonds is 3.